The van der Waals surface area contributed by atoms with Gasteiger partial charge in [0.15, 0.2) is 11.9 Å². The van der Waals surface area contributed by atoms with Gasteiger partial charge in [0, 0.05) is 12.0 Å². The molecule has 28 heavy (non-hydrogen) atoms. The van der Waals surface area contributed by atoms with Gasteiger partial charge < -0.3 is 15.6 Å². The third kappa shape index (κ3) is 1.82. The molecule has 3 fully saturated rings. The lowest BCUT2D eigenvalue weighted by atomic mass is 9.43. The Balaban J connectivity index is 1.54. The fourth-order valence-corrected chi connectivity index (χ4v) is 7.40. The Labute approximate surface area is 164 Å². The van der Waals surface area contributed by atoms with Gasteiger partial charge in [-0.05, 0) is 61.5 Å². The van der Waals surface area contributed by atoms with E-state index < -0.39 is 23.0 Å². The molecule has 1 aliphatic heterocycles. The summed E-state index contributed by atoms with van der Waals surface area (Å²) in [5.74, 6) is 1.46. The molecule has 1 spiro atoms. The van der Waals surface area contributed by atoms with E-state index in [1.807, 2.05) is 6.07 Å². The second kappa shape index (κ2) is 5.38. The van der Waals surface area contributed by atoms with Gasteiger partial charge in [-0.3, -0.25) is 9.59 Å². The van der Waals surface area contributed by atoms with Crippen LogP contribution in [0.3, 0.4) is 0 Å². The van der Waals surface area contributed by atoms with Gasteiger partial charge in [-0.25, -0.2) is 0 Å². The lowest BCUT2D eigenvalue weighted by molar-refractivity contribution is -0.190. The van der Waals surface area contributed by atoms with Crippen molar-refractivity contribution in [2.75, 3.05) is 0 Å². The summed E-state index contributed by atoms with van der Waals surface area (Å²) in [4.78, 5) is 24.9. The fourth-order valence-electron chi connectivity index (χ4n) is 7.40. The monoisotopic (exact) mass is 381 g/mol. The van der Waals surface area contributed by atoms with Crippen molar-refractivity contribution < 1.29 is 19.4 Å². The Hall–Kier alpha value is -1.88. The first kappa shape index (κ1) is 17.0. The van der Waals surface area contributed by atoms with Gasteiger partial charge in [0.2, 0.25) is 0 Å². The van der Waals surface area contributed by atoms with E-state index in [1.54, 1.807) is 6.07 Å². The van der Waals surface area contributed by atoms with Gasteiger partial charge in [0.1, 0.15) is 5.75 Å². The maximum absolute atomic E-state index is 12.9. The molecular formula is C23H27NO4. The van der Waals surface area contributed by atoms with Crippen LogP contribution in [0.2, 0.25) is 0 Å². The first-order chi connectivity index (χ1) is 13.5. The van der Waals surface area contributed by atoms with Crippen LogP contribution in [0.5, 0.6) is 5.75 Å². The molecule has 1 aromatic rings. The van der Waals surface area contributed by atoms with Crippen LogP contribution < -0.4 is 10.5 Å². The highest BCUT2D eigenvalue weighted by atomic mass is 16.5. The molecule has 0 saturated heterocycles. The first-order valence-electron chi connectivity index (χ1n) is 10.8. The summed E-state index contributed by atoms with van der Waals surface area (Å²) in [7, 11) is 0. The minimum atomic E-state index is -0.924. The number of rotatable bonds is 3. The maximum atomic E-state index is 12.9. The average Bonchev–Trinajstić information content (AvgIpc) is 2.97. The van der Waals surface area contributed by atoms with E-state index in [0.717, 1.165) is 36.3 Å². The normalized spacial score (nSPS) is 40.5. The Bertz CT molecular complexity index is 906. The molecule has 0 radical (unpaired) electrons. The highest BCUT2D eigenvalue weighted by molar-refractivity contribution is 5.98. The Morgan fingerprint density at radius 3 is 2.79 bits per heavy atom. The molecule has 148 valence electrons. The number of ether oxygens (including phenoxy) is 1. The lowest BCUT2D eigenvalue weighted by Crippen LogP contribution is -2.71. The van der Waals surface area contributed by atoms with Crippen LogP contribution in [0, 0.1) is 17.8 Å². The predicted molar refractivity (Wildman–Crippen MR) is 102 cm³/mol. The minimum absolute atomic E-state index is 0.0559. The summed E-state index contributed by atoms with van der Waals surface area (Å²) in [6.07, 6.45) is 7.95. The molecule has 4 aliphatic carbocycles. The van der Waals surface area contributed by atoms with Crippen LogP contribution in [0.1, 0.15) is 72.9 Å². The van der Waals surface area contributed by atoms with Crippen LogP contribution in [-0.4, -0.2) is 28.5 Å². The van der Waals surface area contributed by atoms with E-state index in [0.29, 0.717) is 30.1 Å². The second-order valence-corrected chi connectivity index (χ2v) is 9.84. The van der Waals surface area contributed by atoms with E-state index >= 15 is 0 Å². The number of ketones is 1. The van der Waals surface area contributed by atoms with Crippen molar-refractivity contribution in [1.29, 1.82) is 0 Å². The Morgan fingerprint density at radius 2 is 2.07 bits per heavy atom. The predicted octanol–water partition coefficient (Wildman–Crippen LogP) is 2.65. The van der Waals surface area contributed by atoms with Crippen LogP contribution in [0.4, 0.5) is 0 Å². The zero-order valence-electron chi connectivity index (χ0n) is 16.1. The molecule has 1 amide bonds. The zero-order chi connectivity index (χ0) is 19.3. The Kier molecular flexibility index (Phi) is 3.27. The summed E-state index contributed by atoms with van der Waals surface area (Å²) < 4.78 is 6.19. The molecule has 3 N–H and O–H groups in total. The summed E-state index contributed by atoms with van der Waals surface area (Å²) in [5.41, 5.74) is 6.39. The smallest absolute Gasteiger partial charge is 0.252 e. The average molecular weight is 381 g/mol. The summed E-state index contributed by atoms with van der Waals surface area (Å²) >= 11 is 0. The van der Waals surface area contributed by atoms with Crippen LogP contribution in [0.25, 0.3) is 0 Å². The van der Waals surface area contributed by atoms with Crippen molar-refractivity contribution in [3.8, 4) is 5.75 Å². The number of amides is 1. The fraction of sp³-hybridized carbons (Fsp3) is 0.652. The molecule has 3 saturated carbocycles. The zero-order valence-corrected chi connectivity index (χ0v) is 16.1. The molecule has 2 bridgehead atoms. The number of nitrogens with two attached hydrogens (primary N) is 1. The largest absolute Gasteiger partial charge is 0.480 e. The second-order valence-electron chi connectivity index (χ2n) is 9.84. The van der Waals surface area contributed by atoms with Crippen molar-refractivity contribution in [3.63, 3.8) is 0 Å². The quantitative estimate of drug-likeness (QED) is 0.842. The number of primary amides is 1. The van der Waals surface area contributed by atoms with E-state index in [-0.39, 0.29) is 11.7 Å². The summed E-state index contributed by atoms with van der Waals surface area (Å²) in [6, 6.07) is 3.74. The van der Waals surface area contributed by atoms with Gasteiger partial charge in [-0.2, -0.15) is 0 Å². The van der Waals surface area contributed by atoms with Crippen LogP contribution in [-0.2, 0) is 16.6 Å². The molecule has 1 heterocycles. The van der Waals surface area contributed by atoms with Gasteiger partial charge in [-0.15, -0.1) is 0 Å². The van der Waals surface area contributed by atoms with Crippen LogP contribution in [0.15, 0.2) is 12.1 Å². The molecule has 5 nitrogen and oxygen atoms in total. The minimum Gasteiger partial charge on any atom is -0.480 e. The van der Waals surface area contributed by atoms with Crippen molar-refractivity contribution in [2.24, 2.45) is 23.5 Å². The highest BCUT2D eigenvalue weighted by Crippen LogP contribution is 2.67. The van der Waals surface area contributed by atoms with E-state index in [1.165, 1.54) is 25.7 Å². The van der Waals surface area contributed by atoms with Crippen LogP contribution >= 0.6 is 0 Å². The van der Waals surface area contributed by atoms with E-state index in [9.17, 15) is 14.7 Å². The highest BCUT2D eigenvalue weighted by Gasteiger charge is 2.73. The summed E-state index contributed by atoms with van der Waals surface area (Å²) in [6.45, 7) is 0. The molecule has 1 aromatic carbocycles. The van der Waals surface area contributed by atoms with Crippen molar-refractivity contribution in [2.45, 2.75) is 74.9 Å². The van der Waals surface area contributed by atoms with Crippen molar-refractivity contribution >= 4 is 11.7 Å². The van der Waals surface area contributed by atoms with Crippen molar-refractivity contribution in [1.82, 2.24) is 0 Å². The number of hydrogen-bond donors (Lipinski definition) is 2. The molecule has 5 atom stereocenters. The third-order valence-electron chi connectivity index (χ3n) is 8.85. The number of aliphatic hydroxyl groups is 1. The number of carbonyl (C=O) groups is 2. The van der Waals surface area contributed by atoms with Crippen molar-refractivity contribution in [3.05, 3.63) is 28.8 Å². The molecule has 5 aliphatic rings. The lowest BCUT2D eigenvalue weighted by Gasteiger charge is -2.62. The van der Waals surface area contributed by atoms with Gasteiger partial charge in [-0.1, -0.05) is 25.3 Å². The first-order valence-corrected chi connectivity index (χ1v) is 10.8. The topological polar surface area (TPSA) is 89.6 Å². The number of hydrogen-bond acceptors (Lipinski definition) is 4. The molecule has 0 aromatic heterocycles. The SMILES string of the molecule is NC(=O)c1ccc2c3c1OC1C(=O)CCC4(O)C(C2)C(CC2CCC2)CCC314. The summed E-state index contributed by atoms with van der Waals surface area (Å²) in [5, 5.41) is 12.2. The molecule has 5 unspecified atom stereocenters. The molecule has 5 heteroatoms. The van der Waals surface area contributed by atoms with Gasteiger partial charge >= 0.3 is 0 Å². The third-order valence-corrected chi connectivity index (χ3v) is 8.85. The molecule has 6 rings (SSSR count). The van der Waals surface area contributed by atoms with Gasteiger partial charge in [0.05, 0.1) is 16.6 Å². The molecular weight excluding hydrogens is 354 g/mol. The maximum Gasteiger partial charge on any atom is 0.252 e. The van der Waals surface area contributed by atoms with Gasteiger partial charge in [0.25, 0.3) is 5.91 Å². The number of Topliss-reactive ketones (excluding diaryl/α,β-unsaturated/α-hetero) is 1. The number of benzene rings is 1. The standard InChI is InChI=1S/C23H27NO4/c24-21(26)15-5-4-14-11-16-13(10-12-2-1-3-12)6-8-22-18(14)19(15)28-20(22)17(25)7-9-23(16,22)27/h4-5,12-13,16,20,27H,1-3,6-11H2,(H2,24,26). The number of carbonyl (C=O) groups excluding carboxylic acids is 2. The van der Waals surface area contributed by atoms with E-state index in [2.05, 4.69) is 0 Å². The van der Waals surface area contributed by atoms with E-state index in [4.69, 9.17) is 10.5 Å². The Morgan fingerprint density at radius 1 is 1.25 bits per heavy atom.